The first-order chi connectivity index (χ1) is 12.6. The van der Waals surface area contributed by atoms with Crippen LogP contribution in [0.15, 0.2) is 30.3 Å². The number of anilines is 1. The van der Waals surface area contributed by atoms with E-state index in [-0.39, 0.29) is 17.9 Å². The third-order valence-corrected chi connectivity index (χ3v) is 5.36. The zero-order valence-corrected chi connectivity index (χ0v) is 14.7. The number of fused-ring (bicyclic) bond motifs is 3. The molecule has 1 aliphatic carbocycles. The number of rotatable bonds is 4. The van der Waals surface area contributed by atoms with Gasteiger partial charge in [-0.05, 0) is 43.0 Å². The van der Waals surface area contributed by atoms with Gasteiger partial charge in [0.25, 0.3) is 0 Å². The highest BCUT2D eigenvalue weighted by Crippen LogP contribution is 2.32. The Morgan fingerprint density at radius 2 is 2.23 bits per heavy atom. The number of aryl methyl sites for hydroxylation is 1. The van der Waals surface area contributed by atoms with E-state index >= 15 is 0 Å². The van der Waals surface area contributed by atoms with Gasteiger partial charge in [-0.1, -0.05) is 25.5 Å². The molecule has 0 unspecified atom stereocenters. The number of aromatic nitrogens is 2. The standard InChI is InChI=1S/C20H21N5O/c1-2-12-10-18(23-15-8-5-6-13(15)19(22)26)25-17-9-4-3-7-16(17)24-20(25)14(12)11-21/h3-4,7,9-10,13,15,23H,2,5-6,8H2,1H3,(H2,22,26)/t13-,15-/m1/s1. The quantitative estimate of drug-likeness (QED) is 0.758. The second kappa shape index (κ2) is 6.34. The van der Waals surface area contributed by atoms with Crippen molar-refractivity contribution in [3.8, 4) is 6.07 Å². The highest BCUT2D eigenvalue weighted by Gasteiger charge is 2.32. The van der Waals surface area contributed by atoms with E-state index in [1.165, 1.54) is 0 Å². The highest BCUT2D eigenvalue weighted by molar-refractivity contribution is 5.85. The Hall–Kier alpha value is -3.07. The van der Waals surface area contributed by atoms with Gasteiger partial charge in [-0.3, -0.25) is 9.20 Å². The maximum atomic E-state index is 11.8. The van der Waals surface area contributed by atoms with Crippen LogP contribution in [-0.4, -0.2) is 21.3 Å². The summed E-state index contributed by atoms with van der Waals surface area (Å²) in [4.78, 5) is 16.5. The maximum Gasteiger partial charge on any atom is 0.222 e. The van der Waals surface area contributed by atoms with E-state index in [2.05, 4.69) is 11.4 Å². The monoisotopic (exact) mass is 347 g/mol. The molecular weight excluding hydrogens is 326 g/mol. The van der Waals surface area contributed by atoms with Crippen LogP contribution in [-0.2, 0) is 11.2 Å². The number of benzene rings is 1. The molecule has 3 N–H and O–H groups in total. The van der Waals surface area contributed by atoms with Crippen LogP contribution in [0.4, 0.5) is 5.82 Å². The lowest BCUT2D eigenvalue weighted by Crippen LogP contribution is -2.34. The molecular formula is C20H21N5O. The van der Waals surface area contributed by atoms with Crippen molar-refractivity contribution in [3.05, 3.63) is 41.5 Å². The summed E-state index contributed by atoms with van der Waals surface area (Å²) in [5.41, 5.74) is 9.58. The van der Waals surface area contributed by atoms with E-state index in [0.29, 0.717) is 11.2 Å². The second-order valence-electron chi connectivity index (χ2n) is 6.85. The summed E-state index contributed by atoms with van der Waals surface area (Å²) in [5, 5.41) is 13.2. The van der Waals surface area contributed by atoms with Gasteiger partial charge in [0, 0.05) is 6.04 Å². The molecule has 0 radical (unpaired) electrons. The number of hydrogen-bond donors (Lipinski definition) is 2. The number of carbonyl (C=O) groups excluding carboxylic acids is 1. The minimum atomic E-state index is -0.254. The van der Waals surface area contributed by atoms with E-state index in [9.17, 15) is 10.1 Å². The zero-order valence-electron chi connectivity index (χ0n) is 14.7. The van der Waals surface area contributed by atoms with Gasteiger partial charge in [-0.15, -0.1) is 0 Å². The third kappa shape index (κ3) is 2.48. The Morgan fingerprint density at radius 1 is 1.42 bits per heavy atom. The van der Waals surface area contributed by atoms with Crippen molar-refractivity contribution in [3.63, 3.8) is 0 Å². The van der Waals surface area contributed by atoms with Crippen molar-refractivity contribution in [1.82, 2.24) is 9.38 Å². The van der Waals surface area contributed by atoms with Gasteiger partial charge in [0.2, 0.25) is 5.91 Å². The molecule has 1 aliphatic rings. The summed E-state index contributed by atoms with van der Waals surface area (Å²) in [6, 6.07) is 12.2. The van der Waals surface area contributed by atoms with Crippen LogP contribution in [0.2, 0.25) is 0 Å². The van der Waals surface area contributed by atoms with E-state index in [1.54, 1.807) is 0 Å². The number of imidazole rings is 1. The summed E-state index contributed by atoms with van der Waals surface area (Å²) < 4.78 is 1.99. The molecule has 0 bridgehead atoms. The number of hydrogen-bond acceptors (Lipinski definition) is 4. The van der Waals surface area contributed by atoms with E-state index in [0.717, 1.165) is 48.1 Å². The Bertz CT molecular complexity index is 1050. The molecule has 132 valence electrons. The molecule has 4 rings (SSSR count). The molecule has 6 nitrogen and oxygen atoms in total. The molecule has 26 heavy (non-hydrogen) atoms. The number of carbonyl (C=O) groups is 1. The number of primary amides is 1. The first-order valence-electron chi connectivity index (χ1n) is 9.03. The summed E-state index contributed by atoms with van der Waals surface area (Å²) in [6.07, 6.45) is 3.44. The fourth-order valence-electron chi connectivity index (χ4n) is 4.05. The van der Waals surface area contributed by atoms with E-state index in [1.807, 2.05) is 41.7 Å². The second-order valence-corrected chi connectivity index (χ2v) is 6.85. The van der Waals surface area contributed by atoms with Crippen LogP contribution >= 0.6 is 0 Å². The van der Waals surface area contributed by atoms with Gasteiger partial charge in [-0.2, -0.15) is 5.26 Å². The van der Waals surface area contributed by atoms with Gasteiger partial charge in [0.1, 0.15) is 11.9 Å². The first kappa shape index (κ1) is 16.4. The number of pyridine rings is 1. The van der Waals surface area contributed by atoms with Crippen LogP contribution in [0.25, 0.3) is 16.7 Å². The highest BCUT2D eigenvalue weighted by atomic mass is 16.1. The van der Waals surface area contributed by atoms with Gasteiger partial charge in [0.05, 0.1) is 22.5 Å². The van der Waals surface area contributed by atoms with Crippen LogP contribution < -0.4 is 11.1 Å². The fourth-order valence-corrected chi connectivity index (χ4v) is 4.05. The molecule has 0 saturated heterocycles. The average Bonchev–Trinajstić information content (AvgIpc) is 3.25. The lowest BCUT2D eigenvalue weighted by molar-refractivity contribution is -0.121. The number of nitrogens with one attached hydrogen (secondary N) is 1. The minimum absolute atomic E-state index is 0.00880. The molecule has 2 atom stereocenters. The van der Waals surface area contributed by atoms with Crippen molar-refractivity contribution in [1.29, 1.82) is 5.26 Å². The fraction of sp³-hybridized carbons (Fsp3) is 0.350. The van der Waals surface area contributed by atoms with Crippen LogP contribution in [0.5, 0.6) is 0 Å². The molecule has 0 aliphatic heterocycles. The van der Waals surface area contributed by atoms with Crippen molar-refractivity contribution in [2.24, 2.45) is 11.7 Å². The summed E-state index contributed by atoms with van der Waals surface area (Å²) in [6.45, 7) is 2.03. The predicted octanol–water partition coefficient (Wildman–Crippen LogP) is 2.99. The average molecular weight is 347 g/mol. The molecule has 6 heteroatoms. The van der Waals surface area contributed by atoms with Crippen LogP contribution in [0.1, 0.15) is 37.3 Å². The largest absolute Gasteiger partial charge is 0.369 e. The summed E-state index contributed by atoms with van der Waals surface area (Å²) in [5.74, 6) is 0.444. The number of nitrogens with two attached hydrogens (primary N) is 1. The van der Waals surface area contributed by atoms with Crippen LogP contribution in [0, 0.1) is 17.2 Å². The molecule has 2 aromatic heterocycles. The normalized spacial score (nSPS) is 19.7. The van der Waals surface area contributed by atoms with Gasteiger partial charge >= 0.3 is 0 Å². The number of nitriles is 1. The topological polar surface area (TPSA) is 96.2 Å². The predicted molar refractivity (Wildman–Crippen MR) is 101 cm³/mol. The van der Waals surface area contributed by atoms with Crippen molar-refractivity contribution in [2.45, 2.75) is 38.6 Å². The van der Waals surface area contributed by atoms with E-state index < -0.39 is 0 Å². The Labute approximate surface area is 151 Å². The maximum absolute atomic E-state index is 11.8. The lowest BCUT2D eigenvalue weighted by Gasteiger charge is -2.21. The SMILES string of the molecule is CCc1cc(N[C@@H]2CCC[C@H]2C(N)=O)n2c(nc3ccccc32)c1C#N. The van der Waals surface area contributed by atoms with Crippen LogP contribution in [0.3, 0.4) is 0 Å². The van der Waals surface area contributed by atoms with Crippen molar-refractivity contribution < 1.29 is 4.79 Å². The molecule has 2 heterocycles. The minimum Gasteiger partial charge on any atom is -0.369 e. The molecule has 0 spiro atoms. The Balaban J connectivity index is 1.93. The molecule has 1 saturated carbocycles. The zero-order chi connectivity index (χ0) is 18.3. The van der Waals surface area contributed by atoms with Crippen molar-refractivity contribution in [2.75, 3.05) is 5.32 Å². The lowest BCUT2D eigenvalue weighted by atomic mass is 10.0. The van der Waals surface area contributed by atoms with Gasteiger partial charge < -0.3 is 11.1 Å². The summed E-state index contributed by atoms with van der Waals surface area (Å²) in [7, 11) is 0. The summed E-state index contributed by atoms with van der Waals surface area (Å²) >= 11 is 0. The third-order valence-electron chi connectivity index (χ3n) is 5.36. The first-order valence-corrected chi connectivity index (χ1v) is 9.03. The number of amides is 1. The molecule has 1 aromatic carbocycles. The number of para-hydroxylation sites is 2. The Kier molecular flexibility index (Phi) is 4.00. The molecule has 1 amide bonds. The van der Waals surface area contributed by atoms with Gasteiger partial charge in [-0.25, -0.2) is 4.98 Å². The molecule has 1 fully saturated rings. The van der Waals surface area contributed by atoms with E-state index in [4.69, 9.17) is 10.7 Å². The van der Waals surface area contributed by atoms with Gasteiger partial charge in [0.15, 0.2) is 5.65 Å². The van der Waals surface area contributed by atoms with Crippen molar-refractivity contribution >= 4 is 28.4 Å². The number of nitrogens with zero attached hydrogens (tertiary/aromatic N) is 3. The smallest absolute Gasteiger partial charge is 0.222 e. The molecule has 3 aromatic rings. The Morgan fingerprint density at radius 3 is 2.96 bits per heavy atom.